The topological polar surface area (TPSA) is 218 Å². The van der Waals surface area contributed by atoms with E-state index in [0.29, 0.717) is 16.7 Å². The van der Waals surface area contributed by atoms with E-state index < -0.39 is 35.7 Å². The fraction of sp³-hybridized carbons (Fsp3) is 0.400. The summed E-state index contributed by atoms with van der Waals surface area (Å²) in [6, 6.07) is 0. The van der Waals surface area contributed by atoms with Crippen molar-refractivity contribution in [3.63, 3.8) is 0 Å². The summed E-state index contributed by atoms with van der Waals surface area (Å²) in [5.41, 5.74) is 0.871. The molecule has 0 unspecified atom stereocenters. The van der Waals surface area contributed by atoms with Gasteiger partial charge in [0, 0.05) is 33.8 Å². The summed E-state index contributed by atoms with van der Waals surface area (Å²) >= 11 is 0. The number of hydrogen-bond acceptors (Lipinski definition) is 15. The molecule has 0 aliphatic rings. The van der Waals surface area contributed by atoms with E-state index in [0.717, 1.165) is 18.2 Å². The number of aliphatic hydroxyl groups excluding tert-OH is 3. The predicted octanol–water partition coefficient (Wildman–Crippen LogP) is 3.33. The molecule has 0 radical (unpaired) electrons. The Morgan fingerprint density at radius 3 is 0.761 bits per heavy atom. The first-order chi connectivity index (χ1) is 20.8. The fourth-order valence-corrected chi connectivity index (χ4v) is 1.86. The van der Waals surface area contributed by atoms with Crippen molar-refractivity contribution in [2.24, 2.45) is 0 Å². The van der Waals surface area contributed by atoms with Crippen LogP contribution in [0.3, 0.4) is 0 Å². The molecule has 0 aromatic rings. The van der Waals surface area contributed by atoms with Gasteiger partial charge in [-0.2, -0.15) is 0 Å². The number of carbonyl (C=O) groups is 6. The molecule has 260 valence electrons. The summed E-state index contributed by atoms with van der Waals surface area (Å²) in [5.74, 6) is -4.02. The molecule has 0 saturated carbocycles. The van der Waals surface area contributed by atoms with Crippen LogP contribution in [0.2, 0.25) is 0 Å². The van der Waals surface area contributed by atoms with Crippen molar-refractivity contribution in [1.29, 1.82) is 0 Å². The van der Waals surface area contributed by atoms with E-state index >= 15 is 0 Å². The molecule has 0 aromatic heterocycles. The Balaban J connectivity index is -0.000000285. The van der Waals surface area contributed by atoms with Crippen molar-refractivity contribution < 1.29 is 89.6 Å². The molecule has 46 heavy (non-hydrogen) atoms. The van der Waals surface area contributed by atoms with Crippen LogP contribution in [0.1, 0.15) is 41.5 Å². The van der Waals surface area contributed by atoms with Crippen molar-refractivity contribution >= 4 is 35.3 Å². The Bertz CT molecular complexity index is 1020. The van der Waals surface area contributed by atoms with Crippen LogP contribution >= 0.6 is 0 Å². The molecule has 0 saturated heterocycles. The molecule has 3 N–H and O–H groups in total. The molecule has 15 nitrogen and oxygen atoms in total. The van der Waals surface area contributed by atoms with E-state index in [1.807, 2.05) is 0 Å². The van der Waals surface area contributed by atoms with Gasteiger partial charge in [0.05, 0.1) is 18.2 Å². The van der Waals surface area contributed by atoms with Crippen LogP contribution in [0.15, 0.2) is 72.5 Å². The summed E-state index contributed by atoms with van der Waals surface area (Å²) < 4.78 is 28.0. The first-order valence-electron chi connectivity index (χ1n) is 12.9. The van der Waals surface area contributed by atoms with Gasteiger partial charge in [0.15, 0.2) is 17.3 Å². The van der Waals surface area contributed by atoms with Crippen molar-refractivity contribution in [1.82, 2.24) is 0 Å². The Morgan fingerprint density at radius 1 is 0.435 bits per heavy atom. The third-order valence-electron chi connectivity index (χ3n) is 3.72. The minimum Gasteiger partial charge on any atom is -0.481 e. The maximum Gasteiger partial charge on any atom is 0.333 e. The molecule has 0 heterocycles. The Morgan fingerprint density at radius 2 is 0.609 bits per heavy atom. The third kappa shape index (κ3) is 35.4. The van der Waals surface area contributed by atoms with E-state index in [9.17, 15) is 28.8 Å². The van der Waals surface area contributed by atoms with Gasteiger partial charge in [-0.15, -0.1) is 0 Å². The van der Waals surface area contributed by atoms with E-state index in [-0.39, 0.29) is 74.1 Å². The molecular formula is C30H42FeO15. The van der Waals surface area contributed by atoms with E-state index in [2.05, 4.69) is 48.2 Å². The van der Waals surface area contributed by atoms with Gasteiger partial charge >= 0.3 is 17.9 Å². The molecule has 0 amide bonds. The van der Waals surface area contributed by atoms with Crippen molar-refractivity contribution in [2.45, 2.75) is 41.5 Å². The number of aliphatic hydroxyl groups is 3. The maximum absolute atomic E-state index is 10.9. The number of esters is 3. The first-order valence-corrected chi connectivity index (χ1v) is 12.9. The molecule has 0 spiro atoms. The molecular weight excluding hydrogens is 656 g/mol. The second kappa shape index (κ2) is 28.9. The summed E-state index contributed by atoms with van der Waals surface area (Å²) in [4.78, 5) is 64.0. The van der Waals surface area contributed by atoms with E-state index in [1.54, 1.807) is 0 Å². The van der Waals surface area contributed by atoms with Crippen LogP contribution < -0.4 is 0 Å². The van der Waals surface area contributed by atoms with Crippen LogP contribution in [0.5, 0.6) is 0 Å². The van der Waals surface area contributed by atoms with Gasteiger partial charge in [-0.3, -0.25) is 14.4 Å². The Labute approximate surface area is 278 Å². The largest absolute Gasteiger partial charge is 0.481 e. The zero-order valence-corrected chi connectivity index (χ0v) is 27.8. The Kier molecular flexibility index (Phi) is 30.2. The summed E-state index contributed by atoms with van der Waals surface area (Å²) in [6.07, 6.45) is 2.79. The van der Waals surface area contributed by atoms with Crippen molar-refractivity contribution in [3.05, 3.63) is 72.5 Å². The molecule has 0 aromatic carbocycles. The summed E-state index contributed by atoms with van der Waals surface area (Å²) in [7, 11) is 0. The van der Waals surface area contributed by atoms with Crippen LogP contribution in [-0.2, 0) is 74.3 Å². The van der Waals surface area contributed by atoms with Gasteiger partial charge in [-0.05, 0) is 41.5 Å². The molecule has 0 aliphatic carbocycles. The predicted molar refractivity (Wildman–Crippen MR) is 159 cm³/mol. The minimum absolute atomic E-state index is 0. The average Bonchev–Trinajstić information content (AvgIpc) is 2.90. The van der Waals surface area contributed by atoms with E-state index in [1.165, 1.54) is 41.5 Å². The number of carbonyl (C=O) groups excluding carboxylic acids is 6. The first kappa shape index (κ1) is 48.1. The van der Waals surface area contributed by atoms with Gasteiger partial charge in [0.2, 0.25) is 0 Å². The van der Waals surface area contributed by atoms with Gasteiger partial charge in [-0.25, -0.2) is 14.4 Å². The van der Waals surface area contributed by atoms with Crippen molar-refractivity contribution in [3.8, 4) is 0 Å². The Hall–Kier alpha value is -4.82. The van der Waals surface area contributed by atoms with E-state index in [4.69, 9.17) is 15.3 Å². The molecule has 0 atom stereocenters. The maximum atomic E-state index is 10.9. The fourth-order valence-electron chi connectivity index (χ4n) is 1.86. The second-order valence-corrected chi connectivity index (χ2v) is 8.57. The van der Waals surface area contributed by atoms with Crippen LogP contribution in [0.25, 0.3) is 0 Å². The van der Waals surface area contributed by atoms with Gasteiger partial charge in [0.25, 0.3) is 17.8 Å². The number of rotatable bonds is 18. The third-order valence-corrected chi connectivity index (χ3v) is 3.72. The van der Waals surface area contributed by atoms with Gasteiger partial charge < -0.3 is 43.7 Å². The average molecular weight is 698 g/mol. The number of ketones is 3. The summed E-state index contributed by atoms with van der Waals surface area (Å²) in [6.45, 7) is 18.5. The minimum atomic E-state index is -0.520. The summed E-state index contributed by atoms with van der Waals surface area (Å²) in [5, 5.41) is 26.9. The molecule has 0 aliphatic heterocycles. The van der Waals surface area contributed by atoms with Gasteiger partial charge in [0.1, 0.15) is 39.6 Å². The molecule has 0 bridgehead atoms. The monoisotopic (exact) mass is 698 g/mol. The van der Waals surface area contributed by atoms with Crippen LogP contribution in [-0.4, -0.2) is 90.2 Å². The molecule has 0 fully saturated rings. The zero-order chi connectivity index (χ0) is 35.5. The quantitative estimate of drug-likeness (QED) is 0.0467. The number of hydrogen-bond donors (Lipinski definition) is 3. The number of ether oxygens (including phenoxy) is 6. The SMILES string of the molecule is C=C(C)C(=O)OCCO/C(O)=C/C(C)=O.C=C(C)C(=O)OCCO/C(O)=C/C(C)=O.C=C(C)C(=O)OCCO/C(O)=C/C(C)=O.[Fe]. The van der Waals surface area contributed by atoms with Crippen LogP contribution in [0, 0.1) is 0 Å². The van der Waals surface area contributed by atoms with Gasteiger partial charge in [-0.1, -0.05) is 19.7 Å². The normalized spacial score (nSPS) is 10.4. The second-order valence-electron chi connectivity index (χ2n) is 8.57. The zero-order valence-electron chi connectivity index (χ0n) is 26.7. The van der Waals surface area contributed by atoms with Crippen molar-refractivity contribution in [2.75, 3.05) is 39.6 Å². The smallest absolute Gasteiger partial charge is 0.333 e. The molecule has 0 rings (SSSR count). The standard InChI is InChI=1S/3C10H14O5.Fe/c3*1-7(2)10(13)15-5-4-14-9(12)6-8(3)11;/h3*6,12H,1,4-5H2,2-3H3;/b3*9-6+;. The number of allylic oxidation sites excluding steroid dienone is 3. The molecule has 16 heteroatoms. The van der Waals surface area contributed by atoms with Crippen LogP contribution in [0.4, 0.5) is 0 Å².